The van der Waals surface area contributed by atoms with Gasteiger partial charge in [-0.25, -0.2) is 0 Å². The van der Waals surface area contributed by atoms with Crippen LogP contribution in [0.3, 0.4) is 0 Å². The summed E-state index contributed by atoms with van der Waals surface area (Å²) in [5, 5.41) is 10.2. The van der Waals surface area contributed by atoms with Gasteiger partial charge in [0.15, 0.2) is 0 Å². The first kappa shape index (κ1) is 12.3. The number of aromatic hydroxyl groups is 1. The molecule has 0 saturated carbocycles. The molecule has 0 unspecified atom stereocenters. The summed E-state index contributed by atoms with van der Waals surface area (Å²) < 4.78 is 6.15. The first-order valence-electron chi connectivity index (χ1n) is 6.13. The lowest BCUT2D eigenvalue weighted by Crippen LogP contribution is -2.42. The molecular weight excluding hydrogens is 212 g/mol. The topological polar surface area (TPSA) is 29.5 Å². The van der Waals surface area contributed by atoms with E-state index in [-0.39, 0.29) is 11.0 Å². The van der Waals surface area contributed by atoms with Gasteiger partial charge in [-0.05, 0) is 51.3 Å². The summed E-state index contributed by atoms with van der Waals surface area (Å²) in [5.41, 5.74) is 3.76. The van der Waals surface area contributed by atoms with Crippen LogP contribution in [0.4, 0.5) is 0 Å². The van der Waals surface area contributed by atoms with Crippen molar-refractivity contribution in [1.82, 2.24) is 0 Å². The monoisotopic (exact) mass is 234 g/mol. The van der Waals surface area contributed by atoms with Crippen LogP contribution in [0.5, 0.6) is 11.5 Å². The summed E-state index contributed by atoms with van der Waals surface area (Å²) in [6.45, 7) is 14.5. The molecule has 0 aromatic heterocycles. The van der Waals surface area contributed by atoms with Gasteiger partial charge in [0.25, 0.3) is 0 Å². The molecule has 94 valence electrons. The molecule has 0 aliphatic carbocycles. The summed E-state index contributed by atoms with van der Waals surface area (Å²) in [6.07, 6.45) is 0. The number of hydrogen-bond acceptors (Lipinski definition) is 2. The minimum Gasteiger partial charge on any atom is -0.507 e. The summed E-state index contributed by atoms with van der Waals surface area (Å²) in [7, 11) is 0. The Morgan fingerprint density at radius 2 is 1.41 bits per heavy atom. The van der Waals surface area contributed by atoms with Crippen LogP contribution in [0.15, 0.2) is 0 Å². The molecule has 1 heterocycles. The highest BCUT2D eigenvalue weighted by atomic mass is 16.5. The first-order chi connectivity index (χ1) is 7.61. The predicted octanol–water partition coefficient (Wildman–Crippen LogP) is 3.77. The maximum absolute atomic E-state index is 10.2. The standard InChI is InChI=1S/C15H22O2/c1-8-9(2)13-11(10(3)12(8)16)14(4,5)15(6,7)17-13/h16H,1-7H3. The van der Waals surface area contributed by atoms with E-state index in [1.54, 1.807) is 0 Å². The molecule has 0 amide bonds. The Morgan fingerprint density at radius 3 is 1.94 bits per heavy atom. The number of phenols is 1. The van der Waals surface area contributed by atoms with Crippen molar-refractivity contribution in [3.8, 4) is 11.5 Å². The van der Waals surface area contributed by atoms with Gasteiger partial charge in [-0.15, -0.1) is 0 Å². The van der Waals surface area contributed by atoms with Gasteiger partial charge in [0.1, 0.15) is 17.1 Å². The molecule has 0 saturated heterocycles. The van der Waals surface area contributed by atoms with Crippen molar-refractivity contribution in [2.24, 2.45) is 0 Å². The average molecular weight is 234 g/mol. The highest BCUT2D eigenvalue weighted by Crippen LogP contribution is 2.54. The Labute approximate surface area is 104 Å². The van der Waals surface area contributed by atoms with E-state index < -0.39 is 0 Å². The van der Waals surface area contributed by atoms with Crippen molar-refractivity contribution < 1.29 is 9.84 Å². The maximum Gasteiger partial charge on any atom is 0.127 e. The Balaban J connectivity index is 2.85. The van der Waals surface area contributed by atoms with Crippen LogP contribution >= 0.6 is 0 Å². The van der Waals surface area contributed by atoms with Crippen LogP contribution in [-0.4, -0.2) is 10.7 Å². The number of benzene rings is 1. The van der Waals surface area contributed by atoms with Crippen LogP contribution < -0.4 is 4.74 Å². The highest BCUT2D eigenvalue weighted by molar-refractivity contribution is 5.62. The normalized spacial score (nSPS) is 19.9. The van der Waals surface area contributed by atoms with E-state index in [2.05, 4.69) is 27.7 Å². The molecule has 1 N–H and O–H groups in total. The number of ether oxygens (including phenoxy) is 1. The van der Waals surface area contributed by atoms with Crippen molar-refractivity contribution in [3.05, 3.63) is 22.3 Å². The van der Waals surface area contributed by atoms with Crippen molar-refractivity contribution in [1.29, 1.82) is 0 Å². The Kier molecular flexibility index (Phi) is 2.30. The molecule has 1 aliphatic heterocycles. The largest absolute Gasteiger partial charge is 0.507 e. The lowest BCUT2D eigenvalue weighted by Gasteiger charge is -2.33. The SMILES string of the molecule is Cc1c(C)c2c(c(C)c1O)C(C)(C)C(C)(C)O2. The van der Waals surface area contributed by atoms with Gasteiger partial charge in [-0.1, -0.05) is 13.8 Å². The molecule has 1 aliphatic rings. The zero-order valence-corrected chi connectivity index (χ0v) is 11.9. The predicted molar refractivity (Wildman–Crippen MR) is 70.1 cm³/mol. The number of phenolic OH excluding ortho intramolecular Hbond substituents is 1. The molecular formula is C15H22O2. The molecule has 17 heavy (non-hydrogen) atoms. The van der Waals surface area contributed by atoms with Crippen LogP contribution in [0.25, 0.3) is 0 Å². The van der Waals surface area contributed by atoms with Gasteiger partial charge >= 0.3 is 0 Å². The van der Waals surface area contributed by atoms with Gasteiger partial charge in [0.2, 0.25) is 0 Å². The van der Waals surface area contributed by atoms with E-state index in [0.29, 0.717) is 5.75 Å². The van der Waals surface area contributed by atoms with Crippen LogP contribution in [0, 0.1) is 20.8 Å². The second kappa shape index (κ2) is 3.18. The Bertz CT molecular complexity index is 496. The molecule has 0 fully saturated rings. The quantitative estimate of drug-likeness (QED) is 0.740. The molecule has 2 heteroatoms. The summed E-state index contributed by atoms with van der Waals surface area (Å²) in [5.74, 6) is 1.38. The van der Waals surface area contributed by atoms with E-state index in [1.807, 2.05) is 20.8 Å². The molecule has 0 atom stereocenters. The molecule has 2 nitrogen and oxygen atoms in total. The zero-order valence-electron chi connectivity index (χ0n) is 11.9. The minimum absolute atomic E-state index is 0.0949. The van der Waals surface area contributed by atoms with Crippen LogP contribution in [-0.2, 0) is 5.41 Å². The van der Waals surface area contributed by atoms with Crippen molar-refractivity contribution in [3.63, 3.8) is 0 Å². The lowest BCUT2D eigenvalue weighted by molar-refractivity contribution is 0.0706. The van der Waals surface area contributed by atoms with Gasteiger partial charge in [0.05, 0.1) is 0 Å². The fourth-order valence-electron chi connectivity index (χ4n) is 2.67. The van der Waals surface area contributed by atoms with Crippen molar-refractivity contribution >= 4 is 0 Å². The number of fused-ring (bicyclic) bond motifs is 1. The highest BCUT2D eigenvalue weighted by Gasteiger charge is 2.50. The molecule has 0 bridgehead atoms. The summed E-state index contributed by atoms with van der Waals surface area (Å²) in [4.78, 5) is 0. The van der Waals surface area contributed by atoms with Gasteiger partial charge in [0, 0.05) is 11.0 Å². The zero-order chi connectivity index (χ0) is 13.2. The second-order valence-electron chi connectivity index (χ2n) is 6.17. The van der Waals surface area contributed by atoms with Crippen molar-refractivity contribution in [2.75, 3.05) is 0 Å². The van der Waals surface area contributed by atoms with E-state index in [9.17, 15) is 5.11 Å². The molecule has 0 radical (unpaired) electrons. The molecule has 0 spiro atoms. The van der Waals surface area contributed by atoms with Crippen molar-refractivity contribution in [2.45, 2.75) is 59.5 Å². The fourth-order valence-corrected chi connectivity index (χ4v) is 2.67. The second-order valence-corrected chi connectivity index (χ2v) is 6.17. The number of rotatable bonds is 0. The summed E-state index contributed by atoms with van der Waals surface area (Å²) >= 11 is 0. The van der Waals surface area contributed by atoms with E-state index in [0.717, 1.165) is 28.0 Å². The number of hydrogen-bond donors (Lipinski definition) is 1. The third kappa shape index (κ3) is 1.33. The third-order valence-electron chi connectivity index (χ3n) is 4.70. The Hall–Kier alpha value is -1.18. The third-order valence-corrected chi connectivity index (χ3v) is 4.70. The molecule has 1 aromatic carbocycles. The maximum atomic E-state index is 10.2. The molecule has 2 rings (SSSR count). The Morgan fingerprint density at radius 1 is 0.882 bits per heavy atom. The summed E-state index contributed by atoms with van der Waals surface area (Å²) in [6, 6.07) is 0. The van der Waals surface area contributed by atoms with Crippen LogP contribution in [0.2, 0.25) is 0 Å². The van der Waals surface area contributed by atoms with Gasteiger partial charge in [-0.2, -0.15) is 0 Å². The lowest BCUT2D eigenvalue weighted by atomic mass is 9.71. The van der Waals surface area contributed by atoms with E-state index in [4.69, 9.17) is 4.74 Å². The van der Waals surface area contributed by atoms with E-state index in [1.165, 1.54) is 0 Å². The minimum atomic E-state index is -0.245. The molecule has 1 aromatic rings. The first-order valence-corrected chi connectivity index (χ1v) is 6.13. The fraction of sp³-hybridized carbons (Fsp3) is 0.600. The smallest absolute Gasteiger partial charge is 0.127 e. The van der Waals surface area contributed by atoms with Gasteiger partial charge in [-0.3, -0.25) is 0 Å². The van der Waals surface area contributed by atoms with E-state index >= 15 is 0 Å². The average Bonchev–Trinajstić information content (AvgIpc) is 2.40. The van der Waals surface area contributed by atoms with Gasteiger partial charge < -0.3 is 9.84 Å². The van der Waals surface area contributed by atoms with Crippen LogP contribution in [0.1, 0.15) is 49.9 Å².